The Morgan fingerprint density at radius 1 is 1.53 bits per heavy atom. The fraction of sp³-hybridized carbons (Fsp3) is 0.909. The van der Waals surface area contributed by atoms with Gasteiger partial charge in [-0.15, -0.1) is 0 Å². The van der Waals surface area contributed by atoms with Gasteiger partial charge in [0.05, 0.1) is 12.0 Å². The van der Waals surface area contributed by atoms with E-state index in [9.17, 15) is 4.79 Å². The molecule has 15 heavy (non-hydrogen) atoms. The van der Waals surface area contributed by atoms with E-state index in [1.807, 2.05) is 6.92 Å². The van der Waals surface area contributed by atoms with E-state index in [1.54, 1.807) is 4.90 Å². The predicted molar refractivity (Wildman–Crippen MR) is 59.6 cm³/mol. The lowest BCUT2D eigenvalue weighted by Gasteiger charge is -2.32. The number of nitrogens with one attached hydrogen (secondary N) is 1. The minimum atomic E-state index is -0.217. The molecular weight excluding hydrogens is 192 g/mol. The number of likely N-dealkylation sites (N-methyl/N-ethyl adjacent to an activating group) is 1. The molecule has 1 heterocycles. The molecule has 1 amide bonds. The molecule has 0 bridgehead atoms. The highest BCUT2D eigenvalue weighted by Crippen LogP contribution is 2.31. The van der Waals surface area contributed by atoms with Gasteiger partial charge in [0.2, 0.25) is 5.91 Å². The zero-order valence-corrected chi connectivity index (χ0v) is 9.75. The summed E-state index contributed by atoms with van der Waals surface area (Å²) in [4.78, 5) is 14.1. The zero-order chi connectivity index (χ0) is 11.3. The summed E-state index contributed by atoms with van der Waals surface area (Å²) in [6.07, 6.45) is 1.80. The summed E-state index contributed by atoms with van der Waals surface area (Å²) in [7, 11) is 0. The van der Waals surface area contributed by atoms with Crippen LogP contribution in [-0.4, -0.2) is 48.7 Å². The minimum absolute atomic E-state index is 0.0484. The van der Waals surface area contributed by atoms with Gasteiger partial charge >= 0.3 is 0 Å². The SMILES string of the molecule is CCN(CCO)C(=O)C1(CC)CCNC1. The van der Waals surface area contributed by atoms with E-state index in [1.165, 1.54) is 0 Å². The van der Waals surface area contributed by atoms with E-state index >= 15 is 0 Å². The fourth-order valence-electron chi connectivity index (χ4n) is 2.24. The van der Waals surface area contributed by atoms with Gasteiger partial charge < -0.3 is 15.3 Å². The molecule has 0 radical (unpaired) electrons. The van der Waals surface area contributed by atoms with Crippen molar-refractivity contribution in [2.75, 3.05) is 32.8 Å². The van der Waals surface area contributed by atoms with Gasteiger partial charge in [-0.05, 0) is 26.3 Å². The van der Waals surface area contributed by atoms with E-state index in [-0.39, 0.29) is 17.9 Å². The largest absolute Gasteiger partial charge is 0.395 e. The maximum atomic E-state index is 12.3. The van der Waals surface area contributed by atoms with Crippen molar-refractivity contribution in [2.24, 2.45) is 5.41 Å². The second-order valence-corrected chi connectivity index (χ2v) is 4.17. The molecule has 0 spiro atoms. The molecule has 4 nitrogen and oxygen atoms in total. The van der Waals surface area contributed by atoms with Crippen molar-refractivity contribution in [3.63, 3.8) is 0 Å². The Bertz CT molecular complexity index is 213. The van der Waals surface area contributed by atoms with Crippen LogP contribution in [0.25, 0.3) is 0 Å². The number of amides is 1. The van der Waals surface area contributed by atoms with Gasteiger partial charge in [-0.3, -0.25) is 4.79 Å². The van der Waals surface area contributed by atoms with Crippen molar-refractivity contribution in [2.45, 2.75) is 26.7 Å². The van der Waals surface area contributed by atoms with Gasteiger partial charge in [0.1, 0.15) is 0 Å². The molecule has 0 aromatic rings. The quantitative estimate of drug-likeness (QED) is 0.688. The highest BCUT2D eigenvalue weighted by atomic mass is 16.3. The number of rotatable bonds is 5. The smallest absolute Gasteiger partial charge is 0.230 e. The van der Waals surface area contributed by atoms with Gasteiger partial charge in [-0.25, -0.2) is 0 Å². The summed E-state index contributed by atoms with van der Waals surface area (Å²) in [5.74, 6) is 0.201. The number of nitrogens with zero attached hydrogens (tertiary/aromatic N) is 1. The lowest BCUT2D eigenvalue weighted by molar-refractivity contribution is -0.141. The minimum Gasteiger partial charge on any atom is -0.395 e. The molecule has 1 saturated heterocycles. The van der Waals surface area contributed by atoms with E-state index in [0.717, 1.165) is 25.9 Å². The highest BCUT2D eigenvalue weighted by molar-refractivity contribution is 5.83. The lowest BCUT2D eigenvalue weighted by Crippen LogP contribution is -2.46. The second kappa shape index (κ2) is 5.47. The van der Waals surface area contributed by atoms with E-state index in [4.69, 9.17) is 5.11 Å². The predicted octanol–water partition coefficient (Wildman–Crippen LogP) is 0.217. The summed E-state index contributed by atoms with van der Waals surface area (Å²) >= 11 is 0. The maximum absolute atomic E-state index is 12.3. The normalized spacial score (nSPS) is 25.5. The number of carbonyl (C=O) groups is 1. The Kier molecular flexibility index (Phi) is 4.54. The van der Waals surface area contributed by atoms with Crippen LogP contribution in [0, 0.1) is 5.41 Å². The van der Waals surface area contributed by atoms with Crippen molar-refractivity contribution in [1.29, 1.82) is 0 Å². The second-order valence-electron chi connectivity index (χ2n) is 4.17. The van der Waals surface area contributed by atoms with Gasteiger partial charge in [0.25, 0.3) is 0 Å². The van der Waals surface area contributed by atoms with E-state index in [2.05, 4.69) is 12.2 Å². The number of carbonyl (C=O) groups excluding carboxylic acids is 1. The van der Waals surface area contributed by atoms with Gasteiger partial charge in [0, 0.05) is 19.6 Å². The van der Waals surface area contributed by atoms with E-state index < -0.39 is 0 Å². The molecule has 1 aliphatic rings. The average Bonchev–Trinajstić information content (AvgIpc) is 2.74. The van der Waals surface area contributed by atoms with Crippen molar-refractivity contribution >= 4 is 5.91 Å². The molecule has 1 fully saturated rings. The Morgan fingerprint density at radius 2 is 2.27 bits per heavy atom. The third-order valence-electron chi connectivity index (χ3n) is 3.41. The summed E-state index contributed by atoms with van der Waals surface area (Å²) in [5.41, 5.74) is -0.217. The Morgan fingerprint density at radius 3 is 2.67 bits per heavy atom. The van der Waals surface area contributed by atoms with Crippen LogP contribution in [0.5, 0.6) is 0 Å². The monoisotopic (exact) mass is 214 g/mol. The third kappa shape index (κ3) is 2.49. The first kappa shape index (κ1) is 12.5. The van der Waals surface area contributed by atoms with Crippen LogP contribution >= 0.6 is 0 Å². The average molecular weight is 214 g/mol. The van der Waals surface area contributed by atoms with Crippen LogP contribution in [0.1, 0.15) is 26.7 Å². The molecule has 0 saturated carbocycles. The zero-order valence-electron chi connectivity index (χ0n) is 9.75. The van der Waals surface area contributed by atoms with Crippen LogP contribution in [0.2, 0.25) is 0 Å². The van der Waals surface area contributed by atoms with Gasteiger partial charge in [0.15, 0.2) is 0 Å². The van der Waals surface area contributed by atoms with Crippen LogP contribution in [0.4, 0.5) is 0 Å². The molecular formula is C11H22N2O2. The summed E-state index contributed by atoms with van der Waals surface area (Å²) in [6.45, 7) is 6.92. The molecule has 88 valence electrons. The van der Waals surface area contributed by atoms with Crippen LogP contribution in [-0.2, 0) is 4.79 Å². The topological polar surface area (TPSA) is 52.6 Å². The van der Waals surface area contributed by atoms with E-state index in [0.29, 0.717) is 13.1 Å². The molecule has 1 atom stereocenters. The molecule has 0 aromatic heterocycles. The van der Waals surface area contributed by atoms with Crippen LogP contribution in [0.15, 0.2) is 0 Å². The first-order valence-corrected chi connectivity index (χ1v) is 5.81. The molecule has 2 N–H and O–H groups in total. The molecule has 0 aromatic carbocycles. The van der Waals surface area contributed by atoms with Crippen molar-refractivity contribution < 1.29 is 9.90 Å². The van der Waals surface area contributed by atoms with Crippen molar-refractivity contribution in [3.05, 3.63) is 0 Å². The maximum Gasteiger partial charge on any atom is 0.230 e. The fourth-order valence-corrected chi connectivity index (χ4v) is 2.24. The molecule has 1 aliphatic heterocycles. The molecule has 1 unspecified atom stereocenters. The van der Waals surface area contributed by atoms with Crippen LogP contribution in [0.3, 0.4) is 0 Å². The lowest BCUT2D eigenvalue weighted by atomic mass is 9.82. The molecule has 0 aliphatic carbocycles. The Balaban J connectivity index is 2.70. The Hall–Kier alpha value is -0.610. The standard InChI is InChI=1S/C11H22N2O2/c1-3-11(5-6-12-9-11)10(15)13(4-2)7-8-14/h12,14H,3-9H2,1-2H3. The highest BCUT2D eigenvalue weighted by Gasteiger charge is 2.41. The first-order chi connectivity index (χ1) is 7.20. The first-order valence-electron chi connectivity index (χ1n) is 5.81. The number of hydrogen-bond donors (Lipinski definition) is 2. The van der Waals surface area contributed by atoms with Crippen molar-refractivity contribution in [1.82, 2.24) is 10.2 Å². The summed E-state index contributed by atoms with van der Waals surface area (Å²) < 4.78 is 0. The summed E-state index contributed by atoms with van der Waals surface area (Å²) in [5, 5.41) is 12.2. The van der Waals surface area contributed by atoms with Crippen LogP contribution < -0.4 is 5.32 Å². The van der Waals surface area contributed by atoms with Crippen molar-refractivity contribution in [3.8, 4) is 0 Å². The van der Waals surface area contributed by atoms with Gasteiger partial charge in [-0.1, -0.05) is 6.92 Å². The Labute approximate surface area is 91.6 Å². The number of aliphatic hydroxyl groups excluding tert-OH is 1. The third-order valence-corrected chi connectivity index (χ3v) is 3.41. The molecule has 4 heteroatoms. The number of hydrogen-bond acceptors (Lipinski definition) is 3. The number of aliphatic hydroxyl groups is 1. The summed E-state index contributed by atoms with van der Waals surface area (Å²) in [6, 6.07) is 0. The molecule has 1 rings (SSSR count). The van der Waals surface area contributed by atoms with Gasteiger partial charge in [-0.2, -0.15) is 0 Å².